The van der Waals surface area contributed by atoms with E-state index in [1.807, 2.05) is 0 Å². The van der Waals surface area contributed by atoms with Crippen LogP contribution in [0.2, 0.25) is 0 Å². The quantitative estimate of drug-likeness (QED) is 0.588. The van der Waals surface area contributed by atoms with Crippen molar-refractivity contribution in [3.8, 4) is 5.75 Å². The number of aromatic amines is 1. The topological polar surface area (TPSA) is 98.1 Å². The molecular weight excluding hydrogens is 313 g/mol. The first-order valence-electron chi connectivity index (χ1n) is 6.08. The molecule has 9 heteroatoms. The van der Waals surface area contributed by atoms with E-state index in [1.54, 1.807) is 11.4 Å². The van der Waals surface area contributed by atoms with Gasteiger partial charge < -0.3 is 9.72 Å². The first kappa shape index (κ1) is 14.1. The highest BCUT2D eigenvalue weighted by Gasteiger charge is 2.16. The fourth-order valence-corrected chi connectivity index (χ4v) is 2.62. The number of benzene rings is 1. The minimum atomic E-state index is -0.674. The number of hydrogen-bond donors (Lipinski definition) is 1. The monoisotopic (exact) mass is 321 g/mol. The molecule has 2 aromatic heterocycles. The Bertz CT molecular complexity index is 921. The van der Waals surface area contributed by atoms with Gasteiger partial charge in [0, 0.05) is 12.1 Å². The summed E-state index contributed by atoms with van der Waals surface area (Å²) in [6, 6.07) is 4.59. The van der Waals surface area contributed by atoms with Gasteiger partial charge in [-0.05, 0) is 17.5 Å². The lowest BCUT2D eigenvalue weighted by Crippen LogP contribution is -2.12. The van der Waals surface area contributed by atoms with Crippen LogP contribution in [0.3, 0.4) is 0 Å². The molecule has 1 N–H and O–H groups in total. The van der Waals surface area contributed by atoms with Gasteiger partial charge >= 0.3 is 5.69 Å². The van der Waals surface area contributed by atoms with Crippen LogP contribution < -0.4 is 10.3 Å². The van der Waals surface area contributed by atoms with Crippen molar-refractivity contribution < 1.29 is 14.1 Å². The summed E-state index contributed by atoms with van der Waals surface area (Å²) in [6.45, 7) is -0.217. The van der Waals surface area contributed by atoms with Gasteiger partial charge in [0.25, 0.3) is 5.56 Å². The molecule has 0 fully saturated rings. The molecule has 112 valence electrons. The van der Waals surface area contributed by atoms with Crippen molar-refractivity contribution in [3.63, 3.8) is 0 Å². The highest BCUT2D eigenvalue weighted by molar-refractivity contribution is 7.17. The van der Waals surface area contributed by atoms with Crippen LogP contribution in [-0.2, 0) is 6.61 Å². The van der Waals surface area contributed by atoms with E-state index in [0.29, 0.717) is 10.2 Å². The Labute approximate surface area is 126 Å². The number of hydrogen-bond acceptors (Lipinski definition) is 6. The predicted molar refractivity (Wildman–Crippen MR) is 77.6 cm³/mol. The number of H-pyrrole nitrogens is 1. The zero-order valence-corrected chi connectivity index (χ0v) is 11.7. The summed E-state index contributed by atoms with van der Waals surface area (Å²) in [4.78, 5) is 28.7. The molecule has 0 amide bonds. The van der Waals surface area contributed by atoms with Crippen LogP contribution in [0.4, 0.5) is 10.1 Å². The largest absolute Gasteiger partial charge is 0.479 e. The second-order valence-electron chi connectivity index (χ2n) is 4.31. The lowest BCUT2D eigenvalue weighted by molar-refractivity contribution is -0.386. The summed E-state index contributed by atoms with van der Waals surface area (Å²) < 4.78 is 18.9. The molecular formula is C13H8FN3O4S. The van der Waals surface area contributed by atoms with Gasteiger partial charge in [0.15, 0.2) is 5.75 Å². The number of aromatic nitrogens is 2. The zero-order chi connectivity index (χ0) is 15.7. The van der Waals surface area contributed by atoms with E-state index >= 15 is 0 Å². The van der Waals surface area contributed by atoms with Gasteiger partial charge in [-0.2, -0.15) is 0 Å². The number of ether oxygens (including phenoxy) is 1. The molecule has 0 radical (unpaired) electrons. The lowest BCUT2D eigenvalue weighted by atomic mass is 10.3. The Balaban J connectivity index is 1.89. The average Bonchev–Trinajstić information content (AvgIpc) is 2.94. The summed E-state index contributed by atoms with van der Waals surface area (Å²) in [5, 5.41) is 12.6. The fraction of sp³-hybridized carbons (Fsp3) is 0.0769. The highest BCUT2D eigenvalue weighted by atomic mass is 32.1. The van der Waals surface area contributed by atoms with Gasteiger partial charge in [0.05, 0.1) is 10.4 Å². The second kappa shape index (κ2) is 5.53. The van der Waals surface area contributed by atoms with Gasteiger partial charge in [-0.3, -0.25) is 14.9 Å². The molecule has 22 heavy (non-hydrogen) atoms. The third-order valence-corrected chi connectivity index (χ3v) is 3.75. The number of nitro groups is 1. The number of thiophene rings is 1. The molecule has 7 nitrogen and oxygen atoms in total. The summed E-state index contributed by atoms with van der Waals surface area (Å²) >= 11 is 1.26. The maximum Gasteiger partial charge on any atom is 0.311 e. The van der Waals surface area contributed by atoms with Crippen molar-refractivity contribution in [3.05, 3.63) is 61.8 Å². The molecule has 3 aromatic rings. The van der Waals surface area contributed by atoms with Crippen molar-refractivity contribution >= 4 is 27.2 Å². The summed E-state index contributed by atoms with van der Waals surface area (Å²) in [7, 11) is 0. The SMILES string of the molecule is O=c1[nH]c(COc2cc(F)ccc2[N+](=O)[O-])nc2ccsc12. The summed E-state index contributed by atoms with van der Waals surface area (Å²) in [5.74, 6) is -0.678. The van der Waals surface area contributed by atoms with Crippen LogP contribution >= 0.6 is 11.3 Å². The van der Waals surface area contributed by atoms with Crippen molar-refractivity contribution in [2.24, 2.45) is 0 Å². The van der Waals surface area contributed by atoms with E-state index in [-0.39, 0.29) is 29.4 Å². The van der Waals surface area contributed by atoms with E-state index in [0.717, 1.165) is 18.2 Å². The van der Waals surface area contributed by atoms with Gasteiger partial charge in [-0.25, -0.2) is 9.37 Å². The van der Waals surface area contributed by atoms with Crippen LogP contribution in [0.15, 0.2) is 34.4 Å². The predicted octanol–water partition coefficient (Wildman–Crippen LogP) is 2.61. The minimum Gasteiger partial charge on any atom is -0.479 e. The standard InChI is InChI=1S/C13H8FN3O4S/c14-7-1-2-9(17(19)20)10(5-7)21-6-11-15-8-3-4-22-12(8)13(18)16-11/h1-5H,6H2,(H,15,16,18). The third-order valence-electron chi connectivity index (χ3n) is 2.85. The Morgan fingerprint density at radius 1 is 1.41 bits per heavy atom. The molecule has 0 unspecified atom stereocenters. The van der Waals surface area contributed by atoms with Gasteiger partial charge in [0.1, 0.15) is 22.9 Å². The molecule has 2 heterocycles. The maximum atomic E-state index is 13.2. The Kier molecular flexibility index (Phi) is 3.55. The molecule has 0 aliphatic heterocycles. The van der Waals surface area contributed by atoms with Crippen LogP contribution in [0.1, 0.15) is 5.82 Å². The van der Waals surface area contributed by atoms with Crippen molar-refractivity contribution in [1.29, 1.82) is 0 Å². The first-order chi connectivity index (χ1) is 10.5. The number of halogens is 1. The smallest absolute Gasteiger partial charge is 0.311 e. The fourth-order valence-electron chi connectivity index (χ4n) is 1.89. The van der Waals surface area contributed by atoms with E-state index < -0.39 is 10.7 Å². The van der Waals surface area contributed by atoms with Crippen LogP contribution in [0.25, 0.3) is 10.2 Å². The number of nitro benzene ring substituents is 1. The number of nitrogens with one attached hydrogen (secondary N) is 1. The number of fused-ring (bicyclic) bond motifs is 1. The second-order valence-corrected chi connectivity index (χ2v) is 5.22. The normalized spacial score (nSPS) is 10.8. The molecule has 3 rings (SSSR count). The van der Waals surface area contributed by atoms with Crippen molar-refractivity contribution in [2.75, 3.05) is 0 Å². The maximum absolute atomic E-state index is 13.2. The third kappa shape index (κ3) is 2.66. The Hall–Kier alpha value is -2.81. The van der Waals surface area contributed by atoms with E-state index in [4.69, 9.17) is 4.74 Å². The molecule has 0 saturated heterocycles. The van der Waals surface area contributed by atoms with E-state index in [1.165, 1.54) is 11.3 Å². The Morgan fingerprint density at radius 3 is 3.00 bits per heavy atom. The summed E-state index contributed by atoms with van der Waals surface area (Å²) in [6.07, 6.45) is 0. The zero-order valence-electron chi connectivity index (χ0n) is 10.9. The lowest BCUT2D eigenvalue weighted by Gasteiger charge is -2.06. The minimum absolute atomic E-state index is 0.203. The van der Waals surface area contributed by atoms with Gasteiger partial charge in [-0.1, -0.05) is 0 Å². The van der Waals surface area contributed by atoms with Crippen LogP contribution in [0, 0.1) is 15.9 Å². The van der Waals surface area contributed by atoms with Crippen LogP contribution in [0.5, 0.6) is 5.75 Å². The number of nitrogens with zero attached hydrogens (tertiary/aromatic N) is 2. The first-order valence-corrected chi connectivity index (χ1v) is 6.95. The van der Waals surface area contributed by atoms with Gasteiger partial charge in [-0.15, -0.1) is 11.3 Å². The van der Waals surface area contributed by atoms with E-state index in [2.05, 4.69) is 9.97 Å². The molecule has 0 atom stereocenters. The molecule has 0 saturated carbocycles. The molecule has 1 aromatic carbocycles. The Morgan fingerprint density at radius 2 is 2.23 bits per heavy atom. The van der Waals surface area contributed by atoms with Crippen LogP contribution in [-0.4, -0.2) is 14.9 Å². The van der Waals surface area contributed by atoms with Gasteiger partial charge in [0.2, 0.25) is 0 Å². The number of rotatable bonds is 4. The molecule has 0 bridgehead atoms. The van der Waals surface area contributed by atoms with E-state index in [9.17, 15) is 19.3 Å². The molecule has 0 spiro atoms. The average molecular weight is 321 g/mol. The van der Waals surface area contributed by atoms with Crippen molar-refractivity contribution in [2.45, 2.75) is 6.61 Å². The van der Waals surface area contributed by atoms with Crippen molar-refractivity contribution in [1.82, 2.24) is 9.97 Å². The molecule has 0 aliphatic rings. The molecule has 0 aliphatic carbocycles. The highest BCUT2D eigenvalue weighted by Crippen LogP contribution is 2.28. The summed E-state index contributed by atoms with van der Waals surface area (Å²) in [5.41, 5.74) is -0.159.